The van der Waals surface area contributed by atoms with E-state index < -0.39 is 11.9 Å². The summed E-state index contributed by atoms with van der Waals surface area (Å²) in [7, 11) is 0. The van der Waals surface area contributed by atoms with Crippen LogP contribution in [0, 0.1) is 0 Å². The molecular weight excluding hydrogens is 314 g/mol. The molecular formula is C14H10ClNO4S. The summed E-state index contributed by atoms with van der Waals surface area (Å²) in [5.41, 5.74) is -0.0740. The second-order valence-electron chi connectivity index (χ2n) is 4.00. The first-order chi connectivity index (χ1) is 9.95. The van der Waals surface area contributed by atoms with Gasteiger partial charge in [0.15, 0.2) is 0 Å². The molecule has 5 nitrogen and oxygen atoms in total. The van der Waals surface area contributed by atoms with Crippen molar-refractivity contribution in [3.8, 4) is 5.75 Å². The Hall–Kier alpha value is -2.31. The predicted octanol–water partition coefficient (Wildman–Crippen LogP) is 3.46. The van der Waals surface area contributed by atoms with E-state index in [0.29, 0.717) is 4.34 Å². The topological polar surface area (TPSA) is 86.6 Å². The number of carboxylic acids is 1. The predicted molar refractivity (Wildman–Crippen MR) is 82.1 cm³/mol. The second kappa shape index (κ2) is 6.43. The number of carbonyl (C=O) groups is 2. The third-order valence-electron chi connectivity index (χ3n) is 2.48. The van der Waals surface area contributed by atoms with Crippen LogP contribution in [0.25, 0.3) is 6.08 Å². The Labute approximate surface area is 129 Å². The van der Waals surface area contributed by atoms with E-state index in [-0.39, 0.29) is 17.0 Å². The Bertz CT molecular complexity index is 724. The van der Waals surface area contributed by atoms with Gasteiger partial charge in [-0.3, -0.25) is 4.79 Å². The summed E-state index contributed by atoms with van der Waals surface area (Å²) in [5.74, 6) is -1.91. The minimum Gasteiger partial charge on any atom is -0.508 e. The molecule has 0 radical (unpaired) electrons. The van der Waals surface area contributed by atoms with E-state index in [1.54, 1.807) is 18.2 Å². The number of thiophene rings is 1. The molecule has 0 saturated carbocycles. The number of phenols is 1. The lowest BCUT2D eigenvalue weighted by Crippen LogP contribution is -2.11. The Kier molecular flexibility index (Phi) is 4.62. The smallest absolute Gasteiger partial charge is 0.337 e. The Balaban J connectivity index is 2.13. The summed E-state index contributed by atoms with van der Waals surface area (Å²) in [6.45, 7) is 0. The van der Waals surface area contributed by atoms with Gasteiger partial charge in [0.2, 0.25) is 5.91 Å². The van der Waals surface area contributed by atoms with Gasteiger partial charge in [-0.25, -0.2) is 4.79 Å². The standard InChI is InChI=1S/C14H10ClNO4S/c15-12-5-2-9(21-12)3-6-13(18)16-11-4-1-8(17)7-10(11)14(19)20/h1-7,17H,(H,16,18)(H,19,20). The van der Waals surface area contributed by atoms with Gasteiger partial charge in [-0.15, -0.1) is 11.3 Å². The zero-order valence-electron chi connectivity index (χ0n) is 10.5. The maximum absolute atomic E-state index is 11.8. The van der Waals surface area contributed by atoms with Gasteiger partial charge in [0.05, 0.1) is 15.6 Å². The molecule has 1 amide bonds. The van der Waals surface area contributed by atoms with Gasteiger partial charge in [0.1, 0.15) is 5.75 Å². The fraction of sp³-hybridized carbons (Fsp3) is 0. The number of amides is 1. The summed E-state index contributed by atoms with van der Waals surface area (Å²) >= 11 is 7.09. The van der Waals surface area contributed by atoms with Gasteiger partial charge < -0.3 is 15.5 Å². The lowest BCUT2D eigenvalue weighted by Gasteiger charge is -2.06. The van der Waals surface area contributed by atoms with Gasteiger partial charge in [-0.05, 0) is 36.4 Å². The van der Waals surface area contributed by atoms with Crippen molar-refractivity contribution in [1.29, 1.82) is 0 Å². The Morgan fingerprint density at radius 2 is 2.00 bits per heavy atom. The molecule has 0 aliphatic heterocycles. The molecule has 2 aromatic rings. The van der Waals surface area contributed by atoms with E-state index in [1.807, 2.05) is 0 Å². The van der Waals surface area contributed by atoms with E-state index in [9.17, 15) is 14.7 Å². The molecule has 0 atom stereocenters. The van der Waals surface area contributed by atoms with Crippen molar-refractivity contribution in [3.63, 3.8) is 0 Å². The van der Waals surface area contributed by atoms with Crippen LogP contribution in [0.5, 0.6) is 5.75 Å². The van der Waals surface area contributed by atoms with E-state index in [2.05, 4.69) is 5.32 Å². The van der Waals surface area contributed by atoms with Crippen LogP contribution in [-0.4, -0.2) is 22.1 Å². The van der Waals surface area contributed by atoms with Crippen molar-refractivity contribution < 1.29 is 19.8 Å². The van der Waals surface area contributed by atoms with Crippen LogP contribution < -0.4 is 5.32 Å². The first kappa shape index (κ1) is 15.1. The van der Waals surface area contributed by atoms with E-state index in [1.165, 1.54) is 29.5 Å². The first-order valence-corrected chi connectivity index (χ1v) is 6.96. The summed E-state index contributed by atoms with van der Waals surface area (Å²) in [5, 5.41) is 20.7. The molecule has 0 fully saturated rings. The minimum absolute atomic E-state index is 0.110. The maximum atomic E-state index is 11.8. The zero-order valence-corrected chi connectivity index (χ0v) is 12.1. The van der Waals surface area contributed by atoms with Gasteiger partial charge >= 0.3 is 5.97 Å². The third-order valence-corrected chi connectivity index (χ3v) is 3.68. The second-order valence-corrected chi connectivity index (χ2v) is 5.75. The van der Waals surface area contributed by atoms with Crippen LogP contribution in [0.3, 0.4) is 0 Å². The van der Waals surface area contributed by atoms with Gasteiger partial charge in [-0.2, -0.15) is 0 Å². The number of nitrogens with one attached hydrogen (secondary N) is 1. The lowest BCUT2D eigenvalue weighted by molar-refractivity contribution is -0.111. The summed E-state index contributed by atoms with van der Waals surface area (Å²) in [6.07, 6.45) is 2.85. The summed E-state index contributed by atoms with van der Waals surface area (Å²) < 4.78 is 0.613. The molecule has 0 aliphatic rings. The van der Waals surface area contributed by atoms with Crippen molar-refractivity contribution in [3.05, 3.63) is 51.2 Å². The molecule has 3 N–H and O–H groups in total. The number of hydrogen-bond acceptors (Lipinski definition) is 4. The highest BCUT2D eigenvalue weighted by atomic mass is 35.5. The van der Waals surface area contributed by atoms with Crippen molar-refractivity contribution in [1.82, 2.24) is 0 Å². The third kappa shape index (κ3) is 4.08. The largest absolute Gasteiger partial charge is 0.508 e. The van der Waals surface area contributed by atoms with Crippen LogP contribution in [-0.2, 0) is 4.79 Å². The van der Waals surface area contributed by atoms with Crippen LogP contribution >= 0.6 is 22.9 Å². The van der Waals surface area contributed by atoms with Crippen molar-refractivity contribution in [2.75, 3.05) is 5.32 Å². The molecule has 108 valence electrons. The van der Waals surface area contributed by atoms with Gasteiger partial charge in [0, 0.05) is 11.0 Å². The quantitative estimate of drug-likeness (QED) is 0.594. The van der Waals surface area contributed by atoms with Crippen molar-refractivity contribution >= 4 is 46.6 Å². The van der Waals surface area contributed by atoms with Crippen LogP contribution in [0.15, 0.2) is 36.4 Å². The van der Waals surface area contributed by atoms with E-state index in [4.69, 9.17) is 16.7 Å². The zero-order chi connectivity index (χ0) is 15.4. The molecule has 1 aromatic heterocycles. The number of halogens is 1. The van der Waals surface area contributed by atoms with Crippen LogP contribution in [0.4, 0.5) is 5.69 Å². The van der Waals surface area contributed by atoms with Crippen LogP contribution in [0.1, 0.15) is 15.2 Å². The lowest BCUT2D eigenvalue weighted by atomic mass is 10.1. The Morgan fingerprint density at radius 3 is 2.62 bits per heavy atom. The summed E-state index contributed by atoms with van der Waals surface area (Å²) in [6, 6.07) is 7.17. The Morgan fingerprint density at radius 1 is 1.24 bits per heavy atom. The van der Waals surface area contributed by atoms with Crippen molar-refractivity contribution in [2.24, 2.45) is 0 Å². The number of phenolic OH excluding ortho intramolecular Hbond substituents is 1. The van der Waals surface area contributed by atoms with Crippen LogP contribution in [0.2, 0.25) is 4.34 Å². The molecule has 1 heterocycles. The average Bonchev–Trinajstić information content (AvgIpc) is 2.84. The number of benzene rings is 1. The number of aromatic carboxylic acids is 1. The molecule has 0 bridgehead atoms. The molecule has 0 aliphatic carbocycles. The van der Waals surface area contributed by atoms with E-state index in [0.717, 1.165) is 10.9 Å². The fourth-order valence-corrected chi connectivity index (χ4v) is 2.53. The number of carboxylic acid groups (broad SMARTS) is 1. The molecule has 0 spiro atoms. The number of anilines is 1. The van der Waals surface area contributed by atoms with Gasteiger partial charge in [-0.1, -0.05) is 11.6 Å². The molecule has 2 rings (SSSR count). The highest BCUT2D eigenvalue weighted by Gasteiger charge is 2.12. The summed E-state index contributed by atoms with van der Waals surface area (Å²) in [4.78, 5) is 23.6. The fourth-order valence-electron chi connectivity index (χ4n) is 1.57. The molecule has 21 heavy (non-hydrogen) atoms. The number of rotatable bonds is 4. The SMILES string of the molecule is O=C(C=Cc1ccc(Cl)s1)Nc1ccc(O)cc1C(=O)O. The molecule has 0 unspecified atom stereocenters. The van der Waals surface area contributed by atoms with Gasteiger partial charge in [0.25, 0.3) is 0 Å². The first-order valence-electron chi connectivity index (χ1n) is 5.76. The van der Waals surface area contributed by atoms with E-state index >= 15 is 0 Å². The molecule has 1 aromatic carbocycles. The maximum Gasteiger partial charge on any atom is 0.337 e. The number of carbonyl (C=O) groups excluding carboxylic acids is 1. The number of hydrogen-bond donors (Lipinski definition) is 3. The highest BCUT2D eigenvalue weighted by molar-refractivity contribution is 7.17. The minimum atomic E-state index is -1.24. The van der Waals surface area contributed by atoms with Crippen molar-refractivity contribution in [2.45, 2.75) is 0 Å². The average molecular weight is 324 g/mol. The normalized spacial score (nSPS) is 10.7. The number of aromatic hydroxyl groups is 1. The molecule has 7 heteroatoms. The molecule has 0 saturated heterocycles. The monoisotopic (exact) mass is 323 g/mol. The highest BCUT2D eigenvalue weighted by Crippen LogP contribution is 2.23.